The average Bonchev–Trinajstić information content (AvgIpc) is 2.79. The van der Waals surface area contributed by atoms with E-state index in [0.717, 1.165) is 6.07 Å². The molecule has 1 aromatic rings. The van der Waals surface area contributed by atoms with Crippen LogP contribution in [0, 0.1) is 23.6 Å². The van der Waals surface area contributed by atoms with Crippen molar-refractivity contribution >= 4 is 17.6 Å². The van der Waals surface area contributed by atoms with Gasteiger partial charge >= 0.3 is 5.97 Å². The fourth-order valence-corrected chi connectivity index (χ4v) is 3.29. The van der Waals surface area contributed by atoms with Crippen LogP contribution >= 0.6 is 11.6 Å². The van der Waals surface area contributed by atoms with Gasteiger partial charge in [-0.05, 0) is 30.9 Å². The SMILES string of the molecule is O=C(O)c1ccc(OCC2CC3C(C2)C3(F)F)c(Cl)c1F. The van der Waals surface area contributed by atoms with Crippen LogP contribution in [-0.4, -0.2) is 23.6 Å². The molecule has 0 bridgehead atoms. The lowest BCUT2D eigenvalue weighted by atomic mass is 10.0. The molecule has 2 fully saturated rings. The van der Waals surface area contributed by atoms with Crippen LogP contribution in [0.1, 0.15) is 23.2 Å². The highest BCUT2D eigenvalue weighted by Gasteiger charge is 2.71. The molecule has 0 radical (unpaired) electrons. The summed E-state index contributed by atoms with van der Waals surface area (Å²) in [6, 6.07) is 2.35. The number of carboxylic acids is 1. The van der Waals surface area contributed by atoms with Crippen LogP contribution in [-0.2, 0) is 0 Å². The molecule has 0 heterocycles. The van der Waals surface area contributed by atoms with Gasteiger partial charge in [0.15, 0.2) is 5.82 Å². The first-order valence-corrected chi connectivity index (χ1v) is 6.92. The number of carboxylic acid groups (broad SMARTS) is 1. The molecule has 0 saturated heterocycles. The Hall–Kier alpha value is -1.43. The second-order valence-corrected chi connectivity index (χ2v) is 5.96. The van der Waals surface area contributed by atoms with Crippen molar-refractivity contribution < 1.29 is 27.8 Å². The lowest BCUT2D eigenvalue weighted by molar-refractivity contribution is 0.0580. The van der Waals surface area contributed by atoms with Gasteiger partial charge in [0.2, 0.25) is 0 Å². The maximum atomic E-state index is 13.7. The first-order valence-electron chi connectivity index (χ1n) is 6.54. The highest BCUT2D eigenvalue weighted by molar-refractivity contribution is 6.32. The minimum atomic E-state index is -2.52. The van der Waals surface area contributed by atoms with Crippen LogP contribution in [0.4, 0.5) is 13.2 Å². The molecule has 2 unspecified atom stereocenters. The normalized spacial score (nSPS) is 29.0. The summed E-state index contributed by atoms with van der Waals surface area (Å²) in [6.45, 7) is 0.175. The quantitative estimate of drug-likeness (QED) is 0.916. The molecule has 0 aliphatic heterocycles. The number of fused-ring (bicyclic) bond motifs is 1. The van der Waals surface area contributed by atoms with E-state index < -0.39 is 40.1 Å². The second-order valence-electron chi connectivity index (χ2n) is 5.58. The van der Waals surface area contributed by atoms with Crippen molar-refractivity contribution in [3.05, 3.63) is 28.5 Å². The topological polar surface area (TPSA) is 46.5 Å². The van der Waals surface area contributed by atoms with Gasteiger partial charge in [-0.15, -0.1) is 0 Å². The lowest BCUT2D eigenvalue weighted by Crippen LogP contribution is -2.15. The van der Waals surface area contributed by atoms with E-state index in [1.165, 1.54) is 6.07 Å². The molecule has 0 amide bonds. The zero-order valence-electron chi connectivity index (χ0n) is 10.8. The van der Waals surface area contributed by atoms with Crippen LogP contribution in [0.15, 0.2) is 12.1 Å². The molecule has 1 aromatic carbocycles. The van der Waals surface area contributed by atoms with Crippen LogP contribution in [0.2, 0.25) is 5.02 Å². The van der Waals surface area contributed by atoms with E-state index in [1.807, 2.05) is 0 Å². The van der Waals surface area contributed by atoms with E-state index >= 15 is 0 Å². The molecule has 2 atom stereocenters. The van der Waals surface area contributed by atoms with Gasteiger partial charge in [-0.25, -0.2) is 18.0 Å². The van der Waals surface area contributed by atoms with Gasteiger partial charge in [-0.1, -0.05) is 11.6 Å². The standard InChI is InChI=1S/C14H12ClF3O3/c15-11-10(2-1-7(12(11)16)13(19)20)21-5-6-3-8-9(4-6)14(8,17)18/h1-2,6,8-9H,3-5H2,(H,19,20). The first-order chi connectivity index (χ1) is 9.82. The summed E-state index contributed by atoms with van der Waals surface area (Å²) < 4.78 is 45.2. The van der Waals surface area contributed by atoms with E-state index in [2.05, 4.69) is 0 Å². The van der Waals surface area contributed by atoms with Crippen molar-refractivity contribution in [3.63, 3.8) is 0 Å². The maximum Gasteiger partial charge on any atom is 0.338 e. The molecule has 114 valence electrons. The predicted molar refractivity (Wildman–Crippen MR) is 68.5 cm³/mol. The van der Waals surface area contributed by atoms with Crippen LogP contribution in [0.5, 0.6) is 5.75 Å². The Kier molecular flexibility index (Phi) is 3.31. The van der Waals surface area contributed by atoms with E-state index in [4.69, 9.17) is 21.4 Å². The molecule has 0 spiro atoms. The van der Waals surface area contributed by atoms with Gasteiger partial charge in [0.25, 0.3) is 5.92 Å². The number of ether oxygens (including phenoxy) is 1. The Bertz CT molecular complexity index is 591. The Balaban J connectivity index is 1.62. The third-order valence-corrected chi connectivity index (χ3v) is 4.64. The first kappa shape index (κ1) is 14.5. The smallest absolute Gasteiger partial charge is 0.338 e. The minimum absolute atomic E-state index is 0.00194. The highest BCUT2D eigenvalue weighted by atomic mass is 35.5. The largest absolute Gasteiger partial charge is 0.492 e. The number of hydrogen-bond donors (Lipinski definition) is 1. The minimum Gasteiger partial charge on any atom is -0.492 e. The summed E-state index contributed by atoms with van der Waals surface area (Å²) in [6.07, 6.45) is 0.788. The van der Waals surface area contributed by atoms with Gasteiger partial charge in [-0.3, -0.25) is 0 Å². The number of benzene rings is 1. The van der Waals surface area contributed by atoms with Crippen molar-refractivity contribution in [3.8, 4) is 5.75 Å². The number of halogens is 4. The molecular weight excluding hydrogens is 309 g/mol. The van der Waals surface area contributed by atoms with Crippen LogP contribution in [0.25, 0.3) is 0 Å². The Morgan fingerprint density at radius 3 is 2.57 bits per heavy atom. The summed E-state index contributed by atoms with van der Waals surface area (Å²) in [5.41, 5.74) is -0.533. The summed E-state index contributed by atoms with van der Waals surface area (Å²) >= 11 is 5.73. The lowest BCUT2D eigenvalue weighted by Gasteiger charge is -2.16. The summed E-state index contributed by atoms with van der Waals surface area (Å²) in [5, 5.41) is 8.36. The fraction of sp³-hybridized carbons (Fsp3) is 0.500. The Morgan fingerprint density at radius 2 is 2.00 bits per heavy atom. The van der Waals surface area contributed by atoms with E-state index in [0.29, 0.717) is 12.8 Å². The van der Waals surface area contributed by atoms with Gasteiger partial charge in [0, 0.05) is 11.8 Å². The zero-order valence-corrected chi connectivity index (χ0v) is 11.5. The molecule has 0 aromatic heterocycles. The van der Waals surface area contributed by atoms with Crippen LogP contribution in [0.3, 0.4) is 0 Å². The predicted octanol–water partition coefficient (Wildman–Crippen LogP) is 3.85. The number of carbonyl (C=O) groups is 1. The third kappa shape index (κ3) is 2.35. The fourth-order valence-electron chi connectivity index (χ4n) is 3.07. The van der Waals surface area contributed by atoms with Gasteiger partial charge < -0.3 is 9.84 Å². The van der Waals surface area contributed by atoms with Gasteiger partial charge in [0.1, 0.15) is 10.8 Å². The molecule has 2 saturated carbocycles. The summed E-state index contributed by atoms with van der Waals surface area (Å²) in [7, 11) is 0. The summed E-state index contributed by atoms with van der Waals surface area (Å²) in [5.74, 6) is -6.06. The molecule has 2 aliphatic carbocycles. The Morgan fingerprint density at radius 1 is 1.38 bits per heavy atom. The van der Waals surface area contributed by atoms with Crippen molar-refractivity contribution in [1.82, 2.24) is 0 Å². The van der Waals surface area contributed by atoms with Crippen molar-refractivity contribution in [1.29, 1.82) is 0 Å². The van der Waals surface area contributed by atoms with E-state index in [1.54, 1.807) is 0 Å². The van der Waals surface area contributed by atoms with E-state index in [-0.39, 0.29) is 18.3 Å². The highest BCUT2D eigenvalue weighted by Crippen LogP contribution is 2.65. The molecule has 2 aliphatic rings. The Labute approximate surface area is 123 Å². The van der Waals surface area contributed by atoms with Crippen LogP contribution < -0.4 is 4.74 Å². The van der Waals surface area contributed by atoms with Gasteiger partial charge in [0.05, 0.1) is 12.2 Å². The number of alkyl halides is 2. The summed E-state index contributed by atoms with van der Waals surface area (Å²) in [4.78, 5) is 10.7. The molecular formula is C14H12ClF3O3. The molecule has 1 N–H and O–H groups in total. The molecule has 21 heavy (non-hydrogen) atoms. The second kappa shape index (κ2) is 4.80. The maximum absolute atomic E-state index is 13.7. The average molecular weight is 321 g/mol. The molecule has 3 rings (SSSR count). The molecule has 7 heteroatoms. The van der Waals surface area contributed by atoms with E-state index in [9.17, 15) is 18.0 Å². The number of hydrogen-bond acceptors (Lipinski definition) is 2. The zero-order chi connectivity index (χ0) is 15.4. The monoisotopic (exact) mass is 320 g/mol. The van der Waals surface area contributed by atoms with Gasteiger partial charge in [-0.2, -0.15) is 0 Å². The number of rotatable bonds is 4. The van der Waals surface area contributed by atoms with Crippen molar-refractivity contribution in [2.24, 2.45) is 17.8 Å². The number of aromatic carboxylic acids is 1. The third-order valence-electron chi connectivity index (χ3n) is 4.29. The van der Waals surface area contributed by atoms with Crippen molar-refractivity contribution in [2.75, 3.05) is 6.61 Å². The molecule has 3 nitrogen and oxygen atoms in total. The van der Waals surface area contributed by atoms with Crippen molar-refractivity contribution in [2.45, 2.75) is 18.8 Å².